The van der Waals surface area contributed by atoms with E-state index in [0.29, 0.717) is 19.4 Å². The van der Waals surface area contributed by atoms with Gasteiger partial charge in [0.2, 0.25) is 10.0 Å². The molecule has 0 amide bonds. The van der Waals surface area contributed by atoms with Crippen LogP contribution in [0.15, 0.2) is 0 Å². The normalized spacial score (nSPS) is 20.9. The maximum Gasteiger partial charge on any atom is 0.402 e. The van der Waals surface area contributed by atoms with Crippen LogP contribution < -0.4 is 0 Å². The fourth-order valence-corrected chi connectivity index (χ4v) is 3.31. The van der Waals surface area contributed by atoms with Crippen LogP contribution in [0, 0.1) is 0 Å². The number of alkyl halides is 3. The average molecular weight is 305 g/mol. The van der Waals surface area contributed by atoms with Gasteiger partial charge in [0.1, 0.15) is 13.1 Å². The van der Waals surface area contributed by atoms with E-state index in [0.717, 1.165) is 0 Å². The molecule has 0 saturated carbocycles. The number of carbonyl (C=O) groups is 1. The van der Waals surface area contributed by atoms with E-state index >= 15 is 0 Å². The summed E-state index contributed by atoms with van der Waals surface area (Å²) in [4.78, 5) is 10.5. The molecule has 1 saturated heterocycles. The Hall–Kier alpha value is -0.870. The van der Waals surface area contributed by atoms with E-state index in [1.807, 2.05) is 0 Å². The predicted octanol–water partition coefficient (Wildman–Crippen LogP) is 0.444. The molecule has 1 fully saturated rings. The first-order valence-corrected chi connectivity index (χ1v) is 7.09. The fraction of sp³-hybridized carbons (Fsp3) is 0.889. The van der Waals surface area contributed by atoms with Gasteiger partial charge in [0.25, 0.3) is 0 Å². The number of halogens is 3. The van der Waals surface area contributed by atoms with E-state index < -0.39 is 47.1 Å². The highest BCUT2D eigenvalue weighted by atomic mass is 32.2. The van der Waals surface area contributed by atoms with Crippen molar-refractivity contribution < 1.29 is 36.2 Å². The largest absolute Gasteiger partial charge is 0.480 e. The van der Waals surface area contributed by atoms with Crippen molar-refractivity contribution in [1.29, 1.82) is 0 Å². The van der Waals surface area contributed by atoms with Crippen LogP contribution in [0.5, 0.6) is 0 Å². The van der Waals surface area contributed by atoms with Crippen LogP contribution in [0.4, 0.5) is 13.2 Å². The van der Waals surface area contributed by atoms with Crippen LogP contribution in [0.25, 0.3) is 0 Å². The minimum atomic E-state index is -4.79. The Labute approximate surface area is 108 Å². The maximum absolute atomic E-state index is 12.3. The number of rotatable bonds is 6. The zero-order chi connectivity index (χ0) is 14.7. The molecule has 19 heavy (non-hydrogen) atoms. The van der Waals surface area contributed by atoms with Gasteiger partial charge in [-0.1, -0.05) is 0 Å². The van der Waals surface area contributed by atoms with Crippen LogP contribution in [-0.2, 0) is 19.6 Å². The van der Waals surface area contributed by atoms with E-state index in [-0.39, 0.29) is 4.31 Å². The Morgan fingerprint density at radius 2 is 2.05 bits per heavy atom. The number of carboxylic acid groups (broad SMARTS) is 1. The second-order valence-corrected chi connectivity index (χ2v) is 6.20. The Kier molecular flexibility index (Phi) is 5.16. The van der Waals surface area contributed by atoms with E-state index in [9.17, 15) is 26.4 Å². The van der Waals surface area contributed by atoms with Gasteiger partial charge in [-0.15, -0.1) is 0 Å². The van der Waals surface area contributed by atoms with Crippen molar-refractivity contribution in [3.05, 3.63) is 0 Å². The first-order valence-electron chi connectivity index (χ1n) is 5.48. The van der Waals surface area contributed by atoms with Crippen molar-refractivity contribution >= 4 is 16.0 Å². The fourth-order valence-electron chi connectivity index (χ4n) is 1.72. The first-order chi connectivity index (χ1) is 8.60. The third kappa shape index (κ3) is 5.74. The summed E-state index contributed by atoms with van der Waals surface area (Å²) in [6, 6.07) is 0. The van der Waals surface area contributed by atoms with E-state index in [1.54, 1.807) is 0 Å². The summed E-state index contributed by atoms with van der Waals surface area (Å²) < 4.78 is 65.3. The van der Waals surface area contributed by atoms with Crippen molar-refractivity contribution in [2.45, 2.75) is 25.1 Å². The van der Waals surface area contributed by atoms with Crippen LogP contribution in [-0.4, -0.2) is 61.5 Å². The lowest BCUT2D eigenvalue weighted by molar-refractivity contribution is -0.146. The van der Waals surface area contributed by atoms with Crippen molar-refractivity contribution in [3.63, 3.8) is 0 Å². The summed E-state index contributed by atoms with van der Waals surface area (Å²) in [7, 11) is -4.33. The first kappa shape index (κ1) is 16.2. The molecule has 0 aromatic heterocycles. The molecule has 112 valence electrons. The third-order valence-corrected chi connectivity index (χ3v) is 4.32. The minimum absolute atomic E-state index is 0.0724. The van der Waals surface area contributed by atoms with E-state index in [1.165, 1.54) is 0 Å². The Morgan fingerprint density at radius 1 is 1.42 bits per heavy atom. The molecule has 1 unspecified atom stereocenters. The highest BCUT2D eigenvalue weighted by Gasteiger charge is 2.38. The number of sulfonamides is 1. The molecule has 0 aromatic carbocycles. The molecule has 1 heterocycles. The SMILES string of the molecule is O=C(O)CN(CC(F)(F)F)S(=O)(=O)CC1CCCO1. The maximum atomic E-state index is 12.3. The molecule has 1 rings (SSSR count). The Balaban J connectivity index is 2.78. The molecule has 0 spiro atoms. The second kappa shape index (κ2) is 6.06. The number of hydrogen-bond acceptors (Lipinski definition) is 4. The number of carboxylic acids is 1. The van der Waals surface area contributed by atoms with Crippen molar-refractivity contribution in [1.82, 2.24) is 4.31 Å². The van der Waals surface area contributed by atoms with Gasteiger partial charge in [-0.05, 0) is 12.8 Å². The predicted molar refractivity (Wildman–Crippen MR) is 58.0 cm³/mol. The smallest absolute Gasteiger partial charge is 0.402 e. The molecule has 10 heteroatoms. The summed E-state index contributed by atoms with van der Waals surface area (Å²) >= 11 is 0. The summed E-state index contributed by atoms with van der Waals surface area (Å²) in [5.74, 6) is -2.27. The number of nitrogens with zero attached hydrogens (tertiary/aromatic N) is 1. The van der Waals surface area contributed by atoms with Crippen molar-refractivity contribution in [2.24, 2.45) is 0 Å². The van der Waals surface area contributed by atoms with Crippen LogP contribution in [0.3, 0.4) is 0 Å². The average Bonchev–Trinajstić information content (AvgIpc) is 2.65. The van der Waals surface area contributed by atoms with Gasteiger partial charge >= 0.3 is 12.1 Å². The molecular formula is C9H14F3NO5S. The van der Waals surface area contributed by atoms with Crippen LogP contribution in [0.1, 0.15) is 12.8 Å². The monoisotopic (exact) mass is 305 g/mol. The summed E-state index contributed by atoms with van der Waals surface area (Å²) in [6.45, 7) is -2.67. The standard InChI is InChI=1S/C9H14F3NO5S/c10-9(11,12)6-13(4-8(14)15)19(16,17)5-7-2-1-3-18-7/h7H,1-6H2,(H,14,15). The Bertz CT molecular complexity index is 416. The Morgan fingerprint density at radius 3 is 2.47 bits per heavy atom. The van der Waals surface area contributed by atoms with E-state index in [4.69, 9.17) is 9.84 Å². The van der Waals surface area contributed by atoms with Gasteiger partial charge in [-0.3, -0.25) is 4.79 Å². The number of aliphatic carboxylic acids is 1. The van der Waals surface area contributed by atoms with Gasteiger partial charge in [-0.2, -0.15) is 17.5 Å². The molecular weight excluding hydrogens is 291 g/mol. The molecule has 1 N–H and O–H groups in total. The second-order valence-electron chi connectivity index (χ2n) is 4.19. The molecule has 0 aliphatic carbocycles. The summed E-state index contributed by atoms with van der Waals surface area (Å²) in [6.07, 6.45) is -4.39. The lowest BCUT2D eigenvalue weighted by Crippen LogP contribution is -2.44. The lowest BCUT2D eigenvalue weighted by Gasteiger charge is -2.23. The molecule has 1 aliphatic heterocycles. The van der Waals surface area contributed by atoms with Gasteiger partial charge in [-0.25, -0.2) is 8.42 Å². The molecule has 1 aliphatic rings. The minimum Gasteiger partial charge on any atom is -0.480 e. The van der Waals surface area contributed by atoms with Gasteiger partial charge in [0, 0.05) is 6.61 Å². The summed E-state index contributed by atoms with van der Waals surface area (Å²) in [5, 5.41) is 8.50. The third-order valence-electron chi connectivity index (χ3n) is 2.48. The van der Waals surface area contributed by atoms with Crippen molar-refractivity contribution in [2.75, 3.05) is 25.4 Å². The highest BCUT2D eigenvalue weighted by Crippen LogP contribution is 2.21. The van der Waals surface area contributed by atoms with Crippen LogP contribution in [0.2, 0.25) is 0 Å². The molecule has 6 nitrogen and oxygen atoms in total. The van der Waals surface area contributed by atoms with Crippen molar-refractivity contribution in [3.8, 4) is 0 Å². The lowest BCUT2D eigenvalue weighted by atomic mass is 10.3. The van der Waals surface area contributed by atoms with Gasteiger partial charge in [0.15, 0.2) is 0 Å². The quantitative estimate of drug-likeness (QED) is 0.770. The molecule has 0 aromatic rings. The topological polar surface area (TPSA) is 83.9 Å². The van der Waals surface area contributed by atoms with E-state index in [2.05, 4.69) is 0 Å². The van der Waals surface area contributed by atoms with Gasteiger partial charge < -0.3 is 9.84 Å². The molecule has 0 bridgehead atoms. The summed E-state index contributed by atoms with van der Waals surface area (Å²) in [5.41, 5.74) is 0. The highest BCUT2D eigenvalue weighted by molar-refractivity contribution is 7.89. The van der Waals surface area contributed by atoms with Gasteiger partial charge in [0.05, 0.1) is 11.9 Å². The molecule has 1 atom stereocenters. The zero-order valence-corrected chi connectivity index (χ0v) is 10.7. The number of hydrogen-bond donors (Lipinski definition) is 1. The number of ether oxygens (including phenoxy) is 1. The van der Waals surface area contributed by atoms with Crippen LogP contribution >= 0.6 is 0 Å². The molecule has 0 radical (unpaired) electrons. The zero-order valence-electron chi connectivity index (χ0n) is 9.89.